The summed E-state index contributed by atoms with van der Waals surface area (Å²) in [4.78, 5) is 1.29. The van der Waals surface area contributed by atoms with Gasteiger partial charge in [-0.15, -0.1) is 11.3 Å². The third kappa shape index (κ3) is 3.36. The van der Waals surface area contributed by atoms with Crippen LogP contribution in [0.5, 0.6) is 0 Å². The summed E-state index contributed by atoms with van der Waals surface area (Å²) in [7, 11) is 1.98. The number of thiophene rings is 1. The first-order chi connectivity index (χ1) is 8.61. The highest BCUT2D eigenvalue weighted by molar-refractivity contribution is 9.13. The van der Waals surface area contributed by atoms with Crippen molar-refractivity contribution >= 4 is 54.8 Å². The molecule has 1 aromatic heterocycles. The quantitative estimate of drug-likeness (QED) is 0.710. The minimum atomic E-state index is 0.275. The molecule has 0 radical (unpaired) electrons. The molecule has 0 spiro atoms. The maximum absolute atomic E-state index is 6.21. The van der Waals surface area contributed by atoms with Crippen molar-refractivity contribution in [3.05, 3.63) is 54.1 Å². The zero-order valence-corrected chi connectivity index (χ0v) is 14.5. The van der Waals surface area contributed by atoms with Crippen LogP contribution in [0.4, 0.5) is 0 Å². The van der Waals surface area contributed by atoms with E-state index in [0.717, 1.165) is 19.7 Å². The molecule has 0 saturated heterocycles. The van der Waals surface area contributed by atoms with Crippen molar-refractivity contribution in [2.24, 2.45) is 0 Å². The predicted molar refractivity (Wildman–Crippen MR) is 86.7 cm³/mol. The van der Waals surface area contributed by atoms with Crippen LogP contribution in [0.25, 0.3) is 0 Å². The van der Waals surface area contributed by atoms with Gasteiger partial charge in [-0.3, -0.25) is 0 Å². The molecule has 1 unspecified atom stereocenters. The van der Waals surface area contributed by atoms with E-state index in [0.29, 0.717) is 0 Å². The standard InChI is InChI=1S/C13H12Br2ClNS/c1-17-11(12-7-9(14)13(15)18-12)6-8-4-2-3-5-10(8)16/h2-5,7,11,17H,6H2,1H3. The van der Waals surface area contributed by atoms with Crippen molar-refractivity contribution in [3.8, 4) is 0 Å². The van der Waals surface area contributed by atoms with Crippen molar-refractivity contribution in [1.82, 2.24) is 5.32 Å². The highest BCUT2D eigenvalue weighted by Gasteiger charge is 2.15. The summed E-state index contributed by atoms with van der Waals surface area (Å²) in [5.74, 6) is 0. The number of hydrogen-bond donors (Lipinski definition) is 1. The third-order valence-corrected chi connectivity index (χ3v) is 6.48. The molecule has 1 aromatic carbocycles. The molecule has 1 heterocycles. The Labute approximate surface area is 133 Å². The van der Waals surface area contributed by atoms with Crippen molar-refractivity contribution in [2.45, 2.75) is 12.5 Å². The molecule has 5 heteroatoms. The Morgan fingerprint density at radius 2 is 2.06 bits per heavy atom. The van der Waals surface area contributed by atoms with E-state index in [4.69, 9.17) is 11.6 Å². The van der Waals surface area contributed by atoms with Gasteiger partial charge in [-0.1, -0.05) is 29.8 Å². The van der Waals surface area contributed by atoms with Crippen molar-refractivity contribution in [2.75, 3.05) is 7.05 Å². The van der Waals surface area contributed by atoms with Crippen LogP contribution >= 0.6 is 54.8 Å². The van der Waals surface area contributed by atoms with E-state index in [9.17, 15) is 0 Å². The van der Waals surface area contributed by atoms with Crippen LogP contribution in [0, 0.1) is 0 Å². The van der Waals surface area contributed by atoms with E-state index in [1.807, 2.05) is 25.2 Å². The molecule has 1 atom stereocenters. The van der Waals surface area contributed by atoms with Crippen LogP contribution in [0.1, 0.15) is 16.5 Å². The number of rotatable bonds is 4. The summed E-state index contributed by atoms with van der Waals surface area (Å²) >= 11 is 15.0. The fourth-order valence-corrected chi connectivity index (χ4v) is 4.18. The van der Waals surface area contributed by atoms with Gasteiger partial charge in [0.25, 0.3) is 0 Å². The number of benzene rings is 1. The first-order valence-electron chi connectivity index (χ1n) is 5.47. The van der Waals surface area contributed by atoms with Gasteiger partial charge in [-0.05, 0) is 63.0 Å². The van der Waals surface area contributed by atoms with E-state index in [-0.39, 0.29) is 6.04 Å². The van der Waals surface area contributed by atoms with Crippen molar-refractivity contribution in [1.29, 1.82) is 0 Å². The van der Waals surface area contributed by atoms with E-state index in [1.165, 1.54) is 10.4 Å². The van der Waals surface area contributed by atoms with E-state index >= 15 is 0 Å². The van der Waals surface area contributed by atoms with Gasteiger partial charge in [-0.25, -0.2) is 0 Å². The second-order valence-electron chi connectivity index (χ2n) is 3.91. The molecule has 0 saturated carbocycles. The van der Waals surface area contributed by atoms with Gasteiger partial charge in [0.2, 0.25) is 0 Å². The molecular formula is C13H12Br2ClNS. The molecule has 0 bridgehead atoms. The minimum Gasteiger partial charge on any atom is -0.312 e. The average Bonchev–Trinajstić information content (AvgIpc) is 2.68. The van der Waals surface area contributed by atoms with Crippen molar-refractivity contribution in [3.63, 3.8) is 0 Å². The molecule has 2 aromatic rings. The SMILES string of the molecule is CNC(Cc1ccccc1Cl)c1cc(Br)c(Br)s1. The molecule has 1 nitrogen and oxygen atoms in total. The number of halogens is 3. The Kier molecular flexibility index (Phi) is 5.27. The fraction of sp³-hybridized carbons (Fsp3) is 0.231. The molecule has 1 N–H and O–H groups in total. The maximum atomic E-state index is 6.21. The van der Waals surface area contributed by atoms with Crippen molar-refractivity contribution < 1.29 is 0 Å². The molecule has 0 aliphatic heterocycles. The number of nitrogens with one attached hydrogen (secondary N) is 1. The van der Waals surface area contributed by atoms with Crippen LogP contribution in [0.15, 0.2) is 38.6 Å². The zero-order valence-electron chi connectivity index (χ0n) is 9.71. The monoisotopic (exact) mass is 407 g/mol. The second kappa shape index (κ2) is 6.53. The molecule has 0 aliphatic rings. The lowest BCUT2D eigenvalue weighted by molar-refractivity contribution is 0.602. The third-order valence-electron chi connectivity index (χ3n) is 2.74. The highest BCUT2D eigenvalue weighted by Crippen LogP contribution is 2.36. The van der Waals surface area contributed by atoms with Crippen LogP contribution < -0.4 is 5.32 Å². The lowest BCUT2D eigenvalue weighted by Gasteiger charge is -2.15. The molecule has 18 heavy (non-hydrogen) atoms. The van der Waals surface area contributed by atoms with Gasteiger partial charge in [0.15, 0.2) is 0 Å². The van der Waals surface area contributed by atoms with E-state index in [1.54, 1.807) is 11.3 Å². The summed E-state index contributed by atoms with van der Waals surface area (Å²) in [5.41, 5.74) is 1.17. The Bertz CT molecular complexity index is 522. The summed E-state index contributed by atoms with van der Waals surface area (Å²) in [5, 5.41) is 4.17. The molecule has 0 fully saturated rings. The average molecular weight is 410 g/mol. The van der Waals surface area contributed by atoms with Crippen LogP contribution in [0.3, 0.4) is 0 Å². The van der Waals surface area contributed by atoms with Crippen LogP contribution in [0.2, 0.25) is 5.02 Å². The Hall–Kier alpha value is 0.130. The van der Waals surface area contributed by atoms with Gasteiger partial charge >= 0.3 is 0 Å². The number of hydrogen-bond acceptors (Lipinski definition) is 2. The number of likely N-dealkylation sites (N-methyl/N-ethyl adjacent to an activating group) is 1. The molecular weight excluding hydrogens is 397 g/mol. The molecule has 0 aliphatic carbocycles. The smallest absolute Gasteiger partial charge is 0.0843 e. The van der Waals surface area contributed by atoms with E-state index < -0.39 is 0 Å². The minimum absolute atomic E-state index is 0.275. The van der Waals surface area contributed by atoms with Gasteiger partial charge in [0.05, 0.1) is 3.79 Å². The second-order valence-corrected chi connectivity index (χ2v) is 7.57. The Morgan fingerprint density at radius 3 is 2.61 bits per heavy atom. The van der Waals surface area contributed by atoms with Gasteiger partial charge < -0.3 is 5.32 Å². The fourth-order valence-electron chi connectivity index (χ4n) is 1.76. The highest BCUT2D eigenvalue weighted by atomic mass is 79.9. The predicted octanol–water partition coefficient (Wildman–Crippen LogP) is 5.43. The first kappa shape index (κ1) is 14.5. The zero-order chi connectivity index (χ0) is 13.1. The molecule has 96 valence electrons. The van der Waals surface area contributed by atoms with Gasteiger partial charge in [0, 0.05) is 20.4 Å². The summed E-state index contributed by atoms with van der Waals surface area (Å²) in [6.07, 6.45) is 0.884. The normalized spacial score (nSPS) is 12.7. The maximum Gasteiger partial charge on any atom is 0.0843 e. The van der Waals surface area contributed by atoms with Crippen LogP contribution in [-0.2, 0) is 6.42 Å². The summed E-state index contributed by atoms with van der Waals surface area (Å²) in [6.45, 7) is 0. The summed E-state index contributed by atoms with van der Waals surface area (Å²) in [6, 6.07) is 10.4. The lowest BCUT2D eigenvalue weighted by Crippen LogP contribution is -2.17. The summed E-state index contributed by atoms with van der Waals surface area (Å²) < 4.78 is 2.22. The molecule has 0 amide bonds. The first-order valence-corrected chi connectivity index (χ1v) is 8.25. The van der Waals surface area contributed by atoms with Crippen LogP contribution in [-0.4, -0.2) is 7.05 Å². The lowest BCUT2D eigenvalue weighted by atomic mass is 10.0. The topological polar surface area (TPSA) is 12.0 Å². The Balaban J connectivity index is 2.22. The van der Waals surface area contributed by atoms with E-state index in [2.05, 4.69) is 49.3 Å². The van der Waals surface area contributed by atoms with Gasteiger partial charge in [0.1, 0.15) is 0 Å². The Morgan fingerprint density at radius 1 is 1.33 bits per heavy atom. The molecule has 2 rings (SSSR count). The largest absolute Gasteiger partial charge is 0.312 e. The van der Waals surface area contributed by atoms with Gasteiger partial charge in [-0.2, -0.15) is 0 Å².